The molecule has 0 bridgehead atoms. The monoisotopic (exact) mass is 358 g/mol. The number of carbonyl (C=O) groups is 2. The van der Waals surface area contributed by atoms with Crippen LogP contribution in [0.5, 0.6) is 0 Å². The fourth-order valence-electron chi connectivity index (χ4n) is 2.17. The Kier molecular flexibility index (Phi) is 7.19. The molecular formula is C17H30O6Si. The van der Waals surface area contributed by atoms with Crippen LogP contribution in [-0.4, -0.2) is 53.3 Å². The van der Waals surface area contributed by atoms with Gasteiger partial charge in [-0.05, 0) is 24.6 Å². The third kappa shape index (κ3) is 5.72. The summed E-state index contributed by atoms with van der Waals surface area (Å²) >= 11 is 0. The molecule has 2 atom stereocenters. The summed E-state index contributed by atoms with van der Waals surface area (Å²) in [4.78, 5) is 23.4. The van der Waals surface area contributed by atoms with Gasteiger partial charge >= 0.3 is 11.9 Å². The fraction of sp³-hybridized carbons (Fsp3) is 0.765. The van der Waals surface area contributed by atoms with Crippen LogP contribution in [0.2, 0.25) is 18.1 Å². The second-order valence-corrected chi connectivity index (χ2v) is 12.4. The van der Waals surface area contributed by atoms with E-state index >= 15 is 0 Å². The van der Waals surface area contributed by atoms with E-state index in [-0.39, 0.29) is 11.1 Å². The maximum absolute atomic E-state index is 11.9. The van der Waals surface area contributed by atoms with Gasteiger partial charge in [-0.2, -0.15) is 0 Å². The third-order valence-corrected chi connectivity index (χ3v) is 9.22. The van der Waals surface area contributed by atoms with Gasteiger partial charge in [-0.3, -0.25) is 0 Å². The van der Waals surface area contributed by atoms with E-state index in [0.29, 0.717) is 19.4 Å². The Bertz CT molecular complexity index is 492. The van der Waals surface area contributed by atoms with Crippen molar-refractivity contribution in [3.8, 4) is 0 Å². The minimum Gasteiger partial charge on any atom is -0.467 e. The number of ether oxygens (including phenoxy) is 3. The predicted molar refractivity (Wildman–Crippen MR) is 93.2 cm³/mol. The number of hydrogen-bond donors (Lipinski definition) is 0. The molecule has 138 valence electrons. The zero-order valence-corrected chi connectivity index (χ0v) is 16.8. The van der Waals surface area contributed by atoms with Crippen LogP contribution in [0.15, 0.2) is 11.6 Å². The van der Waals surface area contributed by atoms with Crippen molar-refractivity contribution in [3.05, 3.63) is 11.6 Å². The van der Waals surface area contributed by atoms with Crippen LogP contribution in [-0.2, 0) is 28.2 Å². The van der Waals surface area contributed by atoms with Gasteiger partial charge in [0, 0.05) is 12.5 Å². The first-order chi connectivity index (χ1) is 11.0. The van der Waals surface area contributed by atoms with Gasteiger partial charge in [0.05, 0.1) is 26.9 Å². The number of hydrogen-bond acceptors (Lipinski definition) is 6. The fourth-order valence-corrected chi connectivity index (χ4v) is 3.21. The molecule has 1 aliphatic rings. The molecule has 1 rings (SSSR count). The van der Waals surface area contributed by atoms with E-state index in [9.17, 15) is 9.59 Å². The molecule has 0 unspecified atom stereocenters. The Morgan fingerprint density at radius 1 is 1.21 bits per heavy atom. The summed E-state index contributed by atoms with van der Waals surface area (Å²) < 4.78 is 21.5. The van der Waals surface area contributed by atoms with Crippen molar-refractivity contribution in [2.75, 3.05) is 20.8 Å². The maximum atomic E-state index is 11.9. The van der Waals surface area contributed by atoms with Gasteiger partial charge in [0.1, 0.15) is 0 Å². The molecule has 0 aromatic rings. The second kappa shape index (κ2) is 8.27. The zero-order chi connectivity index (χ0) is 18.5. The average molecular weight is 359 g/mol. The maximum Gasteiger partial charge on any atom is 0.335 e. The van der Waals surface area contributed by atoms with Crippen LogP contribution < -0.4 is 0 Å². The number of rotatable bonds is 5. The predicted octanol–water partition coefficient (Wildman–Crippen LogP) is 2.83. The van der Waals surface area contributed by atoms with Crippen LogP contribution >= 0.6 is 0 Å². The average Bonchev–Trinajstić information content (AvgIpc) is 2.50. The molecule has 1 heterocycles. The zero-order valence-electron chi connectivity index (χ0n) is 15.8. The van der Waals surface area contributed by atoms with Gasteiger partial charge in [-0.1, -0.05) is 26.3 Å². The molecule has 0 amide bonds. The van der Waals surface area contributed by atoms with Crippen molar-refractivity contribution in [3.63, 3.8) is 0 Å². The first kappa shape index (κ1) is 20.9. The molecule has 1 fully saturated rings. The molecule has 0 radical (unpaired) electrons. The van der Waals surface area contributed by atoms with E-state index in [1.165, 1.54) is 20.3 Å². The van der Waals surface area contributed by atoms with Gasteiger partial charge in [-0.25, -0.2) is 9.59 Å². The van der Waals surface area contributed by atoms with Crippen LogP contribution in [0.1, 0.15) is 33.6 Å². The number of methoxy groups -OCH3 is 2. The van der Waals surface area contributed by atoms with Crippen LogP contribution in [0.25, 0.3) is 0 Å². The molecule has 0 spiro atoms. The molecule has 0 aliphatic carbocycles. The molecule has 6 nitrogen and oxygen atoms in total. The third-order valence-electron chi connectivity index (χ3n) is 4.72. The van der Waals surface area contributed by atoms with Gasteiger partial charge in [0.2, 0.25) is 0 Å². The Labute approximate surface area is 145 Å². The highest BCUT2D eigenvalue weighted by molar-refractivity contribution is 6.74. The van der Waals surface area contributed by atoms with Crippen molar-refractivity contribution in [2.24, 2.45) is 0 Å². The highest BCUT2D eigenvalue weighted by Crippen LogP contribution is 2.37. The first-order valence-corrected chi connectivity index (χ1v) is 11.1. The Balaban J connectivity index is 2.83. The highest BCUT2D eigenvalue weighted by Gasteiger charge is 2.39. The molecule has 0 N–H and O–H groups in total. The van der Waals surface area contributed by atoms with E-state index < -0.39 is 26.4 Å². The summed E-state index contributed by atoms with van der Waals surface area (Å²) in [5.74, 6) is -0.873. The van der Waals surface area contributed by atoms with Gasteiger partial charge < -0.3 is 18.6 Å². The number of esters is 2. The molecule has 1 aliphatic heterocycles. The van der Waals surface area contributed by atoms with Crippen LogP contribution in [0, 0.1) is 0 Å². The summed E-state index contributed by atoms with van der Waals surface area (Å²) in [6.45, 7) is 11.2. The molecular weight excluding hydrogens is 328 g/mol. The normalized spacial score (nSPS) is 23.9. The highest BCUT2D eigenvalue weighted by atomic mass is 28.4. The standard InChI is InChI=1S/C17H30O6Si/c1-17(2,3)24(6,7)22-11-13-8-12(10-15(18)20-4)9-14(23-13)16(19)21-5/h10,13-14H,8-9,11H2,1-7H3/b12-10-/t13-,14+/m1/s1. The van der Waals surface area contributed by atoms with E-state index in [2.05, 4.69) is 38.6 Å². The van der Waals surface area contributed by atoms with Crippen LogP contribution in [0.4, 0.5) is 0 Å². The summed E-state index contributed by atoms with van der Waals surface area (Å²) in [5.41, 5.74) is 0.812. The van der Waals surface area contributed by atoms with E-state index in [0.717, 1.165) is 5.57 Å². The smallest absolute Gasteiger partial charge is 0.335 e. The first-order valence-electron chi connectivity index (χ1n) is 8.15. The van der Waals surface area contributed by atoms with Gasteiger partial charge in [0.25, 0.3) is 0 Å². The van der Waals surface area contributed by atoms with Crippen molar-refractivity contribution in [1.29, 1.82) is 0 Å². The van der Waals surface area contributed by atoms with E-state index in [4.69, 9.17) is 13.9 Å². The lowest BCUT2D eigenvalue weighted by atomic mass is 9.97. The lowest BCUT2D eigenvalue weighted by molar-refractivity contribution is -0.161. The van der Waals surface area contributed by atoms with E-state index in [1.54, 1.807) is 0 Å². The van der Waals surface area contributed by atoms with Crippen molar-refractivity contribution < 1.29 is 28.2 Å². The molecule has 1 saturated heterocycles. The minimum absolute atomic E-state index is 0.0914. The van der Waals surface area contributed by atoms with Gasteiger partial charge in [-0.15, -0.1) is 0 Å². The summed E-state index contributed by atoms with van der Waals surface area (Å²) in [6, 6.07) is 0. The Hall–Kier alpha value is -1.18. The SMILES string of the molecule is COC(=O)/C=C1/C[C@H](CO[Si](C)(C)C(C)(C)C)O[C@H](C(=O)OC)C1. The molecule has 0 aromatic carbocycles. The minimum atomic E-state index is -1.91. The Morgan fingerprint density at radius 3 is 2.33 bits per heavy atom. The molecule has 0 saturated carbocycles. The van der Waals surface area contributed by atoms with E-state index in [1.807, 2.05) is 0 Å². The molecule has 0 aromatic heterocycles. The summed E-state index contributed by atoms with van der Waals surface area (Å²) in [6.07, 6.45) is 1.30. The lowest BCUT2D eigenvalue weighted by Gasteiger charge is -2.38. The quantitative estimate of drug-likeness (QED) is 0.427. The number of carbonyl (C=O) groups excluding carboxylic acids is 2. The molecule has 7 heteroatoms. The van der Waals surface area contributed by atoms with Crippen molar-refractivity contribution in [2.45, 2.75) is 64.0 Å². The van der Waals surface area contributed by atoms with Crippen molar-refractivity contribution >= 4 is 20.3 Å². The molecule has 24 heavy (non-hydrogen) atoms. The summed E-state index contributed by atoms with van der Waals surface area (Å²) in [5, 5.41) is 0.0914. The van der Waals surface area contributed by atoms with Crippen molar-refractivity contribution in [1.82, 2.24) is 0 Å². The lowest BCUT2D eigenvalue weighted by Crippen LogP contribution is -2.45. The van der Waals surface area contributed by atoms with Gasteiger partial charge in [0.15, 0.2) is 14.4 Å². The van der Waals surface area contributed by atoms with Crippen LogP contribution in [0.3, 0.4) is 0 Å². The Morgan fingerprint density at radius 2 is 1.83 bits per heavy atom. The topological polar surface area (TPSA) is 71.1 Å². The largest absolute Gasteiger partial charge is 0.467 e. The second-order valence-electron chi connectivity index (χ2n) is 7.58. The summed E-state index contributed by atoms with van der Waals surface area (Å²) in [7, 11) is 0.738.